The number of nitrogens with zero attached hydrogens (tertiary/aromatic N) is 2. The molecule has 0 aromatic rings. The lowest BCUT2D eigenvalue weighted by atomic mass is 9.99. The van der Waals surface area contributed by atoms with Crippen molar-refractivity contribution in [1.29, 1.82) is 0 Å². The second-order valence-electron chi connectivity index (χ2n) is 6.66. The minimum absolute atomic E-state index is 0.756. The van der Waals surface area contributed by atoms with Crippen molar-refractivity contribution in [2.45, 2.75) is 71.5 Å². The molecule has 100 valence electrons. The minimum atomic E-state index is 0.756. The van der Waals surface area contributed by atoms with Crippen molar-refractivity contribution in [3.63, 3.8) is 0 Å². The van der Waals surface area contributed by atoms with Crippen molar-refractivity contribution in [3.05, 3.63) is 0 Å². The van der Waals surface area contributed by atoms with Crippen molar-refractivity contribution in [1.82, 2.24) is 9.80 Å². The van der Waals surface area contributed by atoms with Crippen LogP contribution in [-0.4, -0.2) is 47.6 Å². The van der Waals surface area contributed by atoms with Crippen LogP contribution in [0.15, 0.2) is 0 Å². The molecular weight excluding hydrogens is 208 g/mol. The fourth-order valence-corrected chi connectivity index (χ4v) is 3.56. The van der Waals surface area contributed by atoms with E-state index >= 15 is 0 Å². The highest BCUT2D eigenvalue weighted by molar-refractivity contribution is 4.92. The van der Waals surface area contributed by atoms with Crippen LogP contribution in [0.3, 0.4) is 0 Å². The van der Waals surface area contributed by atoms with E-state index in [2.05, 4.69) is 37.5 Å². The van der Waals surface area contributed by atoms with Crippen molar-refractivity contribution < 1.29 is 0 Å². The Labute approximate surface area is 107 Å². The van der Waals surface area contributed by atoms with Gasteiger partial charge in [0.25, 0.3) is 0 Å². The molecule has 2 aliphatic rings. The zero-order chi connectivity index (χ0) is 12.4. The van der Waals surface area contributed by atoms with Crippen LogP contribution < -0.4 is 0 Å². The molecule has 3 atom stereocenters. The summed E-state index contributed by atoms with van der Waals surface area (Å²) in [6, 6.07) is 2.40. The number of piperazine rings is 1. The summed E-state index contributed by atoms with van der Waals surface area (Å²) in [5, 5.41) is 0. The number of rotatable bonds is 4. The van der Waals surface area contributed by atoms with Crippen molar-refractivity contribution in [2.75, 3.05) is 19.6 Å². The molecule has 17 heavy (non-hydrogen) atoms. The Morgan fingerprint density at radius 2 is 1.88 bits per heavy atom. The van der Waals surface area contributed by atoms with Gasteiger partial charge in [-0.2, -0.15) is 0 Å². The molecule has 0 saturated carbocycles. The average molecular weight is 238 g/mol. The van der Waals surface area contributed by atoms with Gasteiger partial charge in [0.15, 0.2) is 0 Å². The molecule has 0 aliphatic carbocycles. The van der Waals surface area contributed by atoms with Crippen LogP contribution in [0.2, 0.25) is 0 Å². The predicted octanol–water partition coefficient (Wildman–Crippen LogP) is 2.98. The van der Waals surface area contributed by atoms with Crippen LogP contribution >= 0.6 is 0 Å². The Balaban J connectivity index is 1.86. The Morgan fingerprint density at radius 1 is 1.12 bits per heavy atom. The van der Waals surface area contributed by atoms with Gasteiger partial charge in [-0.3, -0.25) is 9.80 Å². The van der Waals surface area contributed by atoms with E-state index in [-0.39, 0.29) is 0 Å². The highest BCUT2D eigenvalue weighted by Gasteiger charge is 2.35. The van der Waals surface area contributed by atoms with Crippen molar-refractivity contribution in [3.8, 4) is 0 Å². The van der Waals surface area contributed by atoms with Gasteiger partial charge < -0.3 is 0 Å². The Morgan fingerprint density at radius 3 is 2.59 bits per heavy atom. The molecule has 2 fully saturated rings. The molecule has 2 rings (SSSR count). The number of hydrogen-bond donors (Lipinski definition) is 0. The van der Waals surface area contributed by atoms with Gasteiger partial charge in [0.2, 0.25) is 0 Å². The van der Waals surface area contributed by atoms with E-state index in [1.165, 1.54) is 45.3 Å². The highest BCUT2D eigenvalue weighted by atomic mass is 15.3. The molecule has 3 unspecified atom stereocenters. The van der Waals surface area contributed by atoms with Crippen LogP contribution in [0.5, 0.6) is 0 Å². The molecule has 0 bridgehead atoms. The zero-order valence-corrected chi connectivity index (χ0v) is 12.2. The fourth-order valence-electron chi connectivity index (χ4n) is 3.56. The summed E-state index contributed by atoms with van der Waals surface area (Å²) in [4.78, 5) is 5.49. The van der Waals surface area contributed by atoms with E-state index in [1.807, 2.05) is 0 Å². The maximum atomic E-state index is 2.77. The van der Waals surface area contributed by atoms with E-state index in [0.29, 0.717) is 0 Å². The topological polar surface area (TPSA) is 6.48 Å². The van der Waals surface area contributed by atoms with Gasteiger partial charge in [-0.25, -0.2) is 0 Å². The molecule has 0 aromatic carbocycles. The van der Waals surface area contributed by atoms with E-state index in [4.69, 9.17) is 0 Å². The maximum absolute atomic E-state index is 2.77. The Kier molecular flexibility index (Phi) is 4.48. The second-order valence-corrected chi connectivity index (χ2v) is 6.66. The predicted molar refractivity (Wildman–Crippen MR) is 74.3 cm³/mol. The summed E-state index contributed by atoms with van der Waals surface area (Å²) in [6.45, 7) is 13.5. The largest absolute Gasteiger partial charge is 0.298 e. The van der Waals surface area contributed by atoms with E-state index in [0.717, 1.165) is 24.0 Å². The third-order valence-electron chi connectivity index (χ3n) is 4.71. The van der Waals surface area contributed by atoms with Gasteiger partial charge in [-0.1, -0.05) is 13.8 Å². The molecule has 2 nitrogen and oxygen atoms in total. The van der Waals surface area contributed by atoms with E-state index in [9.17, 15) is 0 Å². The van der Waals surface area contributed by atoms with E-state index < -0.39 is 0 Å². The summed E-state index contributed by atoms with van der Waals surface area (Å²) < 4.78 is 0. The van der Waals surface area contributed by atoms with Crippen LogP contribution in [0, 0.1) is 5.92 Å². The monoisotopic (exact) mass is 238 g/mol. The van der Waals surface area contributed by atoms with Gasteiger partial charge in [-0.15, -0.1) is 0 Å². The minimum Gasteiger partial charge on any atom is -0.298 e. The first-order chi connectivity index (χ1) is 8.08. The first-order valence-corrected chi connectivity index (χ1v) is 7.57. The number of hydrogen-bond acceptors (Lipinski definition) is 2. The summed E-state index contributed by atoms with van der Waals surface area (Å²) >= 11 is 0. The molecule has 2 heteroatoms. The molecule has 0 amide bonds. The lowest BCUT2D eigenvalue weighted by Gasteiger charge is -2.45. The summed E-state index contributed by atoms with van der Waals surface area (Å²) in [7, 11) is 0. The van der Waals surface area contributed by atoms with Gasteiger partial charge in [0.1, 0.15) is 0 Å². The van der Waals surface area contributed by atoms with Gasteiger partial charge in [0, 0.05) is 31.2 Å². The maximum Gasteiger partial charge on any atom is 0.0224 e. The standard InChI is InChI=1S/C15H30N2/c1-12(2)7-8-13(3)17-11-15-6-5-9-16(15)10-14(17)4/h12-15H,5-11H2,1-4H3. The summed E-state index contributed by atoms with van der Waals surface area (Å²) in [5.74, 6) is 0.848. The van der Waals surface area contributed by atoms with Gasteiger partial charge in [0.05, 0.1) is 0 Å². The van der Waals surface area contributed by atoms with Crippen molar-refractivity contribution >= 4 is 0 Å². The smallest absolute Gasteiger partial charge is 0.0224 e. The lowest BCUT2D eigenvalue weighted by molar-refractivity contribution is 0.0292. The molecule has 0 radical (unpaired) electrons. The Bertz CT molecular complexity index is 239. The van der Waals surface area contributed by atoms with Gasteiger partial charge in [-0.05, 0) is 52.0 Å². The molecule has 0 aromatic heterocycles. The van der Waals surface area contributed by atoms with Crippen molar-refractivity contribution in [2.24, 2.45) is 5.92 Å². The summed E-state index contributed by atoms with van der Waals surface area (Å²) in [5.41, 5.74) is 0. The normalized spacial score (nSPS) is 33.0. The molecule has 2 aliphatic heterocycles. The lowest BCUT2D eigenvalue weighted by Crippen LogP contribution is -2.57. The molecular formula is C15H30N2. The molecule has 2 heterocycles. The zero-order valence-electron chi connectivity index (χ0n) is 12.2. The third-order valence-corrected chi connectivity index (χ3v) is 4.71. The van der Waals surface area contributed by atoms with Crippen LogP contribution in [0.25, 0.3) is 0 Å². The van der Waals surface area contributed by atoms with Crippen LogP contribution in [0.4, 0.5) is 0 Å². The fraction of sp³-hybridized carbons (Fsp3) is 1.00. The first-order valence-electron chi connectivity index (χ1n) is 7.57. The number of fused-ring (bicyclic) bond motifs is 1. The summed E-state index contributed by atoms with van der Waals surface area (Å²) in [6.07, 6.45) is 5.60. The van der Waals surface area contributed by atoms with Gasteiger partial charge >= 0.3 is 0 Å². The SMILES string of the molecule is CC(C)CCC(C)N1CC2CCCN2CC1C. The average Bonchev–Trinajstić information content (AvgIpc) is 2.71. The van der Waals surface area contributed by atoms with Crippen LogP contribution in [-0.2, 0) is 0 Å². The molecule has 0 N–H and O–H groups in total. The van der Waals surface area contributed by atoms with E-state index in [1.54, 1.807) is 0 Å². The molecule has 2 saturated heterocycles. The van der Waals surface area contributed by atoms with Crippen LogP contribution in [0.1, 0.15) is 53.4 Å². The Hall–Kier alpha value is -0.0800. The first kappa shape index (κ1) is 13.4. The second kappa shape index (κ2) is 5.71. The third kappa shape index (κ3) is 3.23. The quantitative estimate of drug-likeness (QED) is 0.743. The highest BCUT2D eigenvalue weighted by Crippen LogP contribution is 2.27. The molecule has 0 spiro atoms.